The highest BCUT2D eigenvalue weighted by atomic mass is 15.1. The first kappa shape index (κ1) is 10.2. The van der Waals surface area contributed by atoms with E-state index in [9.17, 15) is 0 Å². The molecule has 0 aliphatic heterocycles. The van der Waals surface area contributed by atoms with Gasteiger partial charge in [0.25, 0.3) is 0 Å². The van der Waals surface area contributed by atoms with E-state index < -0.39 is 0 Å². The molecule has 2 unspecified atom stereocenters. The zero-order chi connectivity index (χ0) is 12.1. The quantitative estimate of drug-likeness (QED) is 0.752. The Labute approximate surface area is 107 Å². The highest BCUT2D eigenvalue weighted by molar-refractivity contribution is 5.64. The third-order valence-electron chi connectivity index (χ3n) is 4.53. The predicted octanol–water partition coefficient (Wildman–Crippen LogP) is 3.82. The monoisotopic (exact) mass is 236 g/mol. The smallest absolute Gasteiger partial charge is 0.0935 e. The van der Waals surface area contributed by atoms with Crippen molar-refractivity contribution in [3.05, 3.63) is 47.2 Å². The molecule has 1 fully saturated rings. The molecule has 0 saturated heterocycles. The van der Waals surface area contributed by atoms with E-state index in [2.05, 4.69) is 47.5 Å². The Hall–Kier alpha value is -1.70. The maximum atomic E-state index is 4.51. The van der Waals surface area contributed by atoms with Crippen LogP contribution < -0.4 is 0 Å². The maximum Gasteiger partial charge on any atom is 0.0935 e. The Morgan fingerprint density at radius 1 is 1.06 bits per heavy atom. The lowest BCUT2D eigenvalue weighted by atomic mass is 9.94. The van der Waals surface area contributed by atoms with Gasteiger partial charge in [-0.15, -0.1) is 0 Å². The van der Waals surface area contributed by atoms with Gasteiger partial charge in [0, 0.05) is 11.5 Å². The Balaban J connectivity index is 1.85. The molecule has 2 nitrogen and oxygen atoms in total. The molecule has 2 heteroatoms. The predicted molar refractivity (Wildman–Crippen MR) is 71.5 cm³/mol. The van der Waals surface area contributed by atoms with Crippen molar-refractivity contribution < 1.29 is 0 Å². The van der Waals surface area contributed by atoms with Crippen molar-refractivity contribution in [1.82, 2.24) is 10.2 Å². The lowest BCUT2D eigenvalue weighted by Crippen LogP contribution is -2.04. The summed E-state index contributed by atoms with van der Waals surface area (Å²) in [5.41, 5.74) is 6.29. The molecular weight excluding hydrogens is 220 g/mol. The van der Waals surface area contributed by atoms with E-state index >= 15 is 0 Å². The fourth-order valence-corrected chi connectivity index (χ4v) is 3.56. The minimum absolute atomic E-state index is 0.698. The van der Waals surface area contributed by atoms with Gasteiger partial charge in [-0.1, -0.05) is 24.3 Å². The first-order valence-corrected chi connectivity index (χ1v) is 6.76. The van der Waals surface area contributed by atoms with Crippen molar-refractivity contribution in [3.63, 3.8) is 0 Å². The first-order chi connectivity index (χ1) is 8.83. The summed E-state index contributed by atoms with van der Waals surface area (Å²) in [6.45, 7) is 2.14. The molecule has 2 aromatic rings. The third-order valence-corrected chi connectivity index (χ3v) is 4.53. The van der Waals surface area contributed by atoms with Gasteiger partial charge in [0.1, 0.15) is 0 Å². The summed E-state index contributed by atoms with van der Waals surface area (Å²) in [6.07, 6.45) is 3.97. The fraction of sp³-hybridized carbons (Fsp3) is 0.375. The number of benzene rings is 1. The molecule has 1 heterocycles. The van der Waals surface area contributed by atoms with Crippen LogP contribution in [-0.2, 0) is 0 Å². The third kappa shape index (κ3) is 1.35. The fourth-order valence-electron chi connectivity index (χ4n) is 3.56. The average molecular weight is 236 g/mol. The van der Waals surface area contributed by atoms with Crippen LogP contribution in [-0.4, -0.2) is 10.2 Å². The number of hydrogen-bond acceptors (Lipinski definition) is 2. The standard InChI is InChI=1S/C16H16N2/c1-10-4-2-3-5-13(10)15-9-14-11-6-7-12(8-11)16(14)18-17-15/h2-5,9,11-12H,6-8H2,1H3. The van der Waals surface area contributed by atoms with Gasteiger partial charge in [-0.2, -0.15) is 10.2 Å². The van der Waals surface area contributed by atoms with Crippen LogP contribution in [0.25, 0.3) is 11.3 Å². The van der Waals surface area contributed by atoms with Crippen molar-refractivity contribution >= 4 is 0 Å². The van der Waals surface area contributed by atoms with Gasteiger partial charge in [-0.3, -0.25) is 0 Å². The molecule has 0 N–H and O–H groups in total. The van der Waals surface area contributed by atoms with E-state index in [1.54, 1.807) is 0 Å². The Kier molecular flexibility index (Phi) is 2.07. The molecular formula is C16H16N2. The van der Waals surface area contributed by atoms with Gasteiger partial charge in [-0.05, 0) is 49.3 Å². The molecule has 2 atom stereocenters. The molecule has 2 aliphatic carbocycles. The van der Waals surface area contributed by atoms with E-state index in [0.29, 0.717) is 5.92 Å². The molecule has 2 bridgehead atoms. The molecule has 1 aromatic heterocycles. The Bertz CT molecular complexity index is 618. The van der Waals surface area contributed by atoms with E-state index in [1.165, 1.54) is 41.6 Å². The molecule has 1 saturated carbocycles. The molecule has 0 amide bonds. The van der Waals surface area contributed by atoms with Crippen LogP contribution in [0.4, 0.5) is 0 Å². The summed E-state index contributed by atoms with van der Waals surface area (Å²) >= 11 is 0. The second-order valence-electron chi connectivity index (χ2n) is 5.59. The van der Waals surface area contributed by atoms with Gasteiger partial charge in [0.05, 0.1) is 11.4 Å². The van der Waals surface area contributed by atoms with Crippen molar-refractivity contribution in [2.75, 3.05) is 0 Å². The summed E-state index contributed by atoms with van der Waals surface area (Å²) in [5, 5.41) is 8.96. The molecule has 18 heavy (non-hydrogen) atoms. The van der Waals surface area contributed by atoms with Crippen LogP contribution in [0.5, 0.6) is 0 Å². The molecule has 4 rings (SSSR count). The lowest BCUT2D eigenvalue weighted by Gasteiger charge is -2.14. The number of aryl methyl sites for hydroxylation is 1. The average Bonchev–Trinajstić information content (AvgIpc) is 3.00. The lowest BCUT2D eigenvalue weighted by molar-refractivity contribution is 0.681. The van der Waals surface area contributed by atoms with Gasteiger partial charge < -0.3 is 0 Å². The number of rotatable bonds is 1. The summed E-state index contributed by atoms with van der Waals surface area (Å²) in [5.74, 6) is 1.45. The second kappa shape index (κ2) is 3.64. The van der Waals surface area contributed by atoms with Crippen molar-refractivity contribution in [1.29, 1.82) is 0 Å². The number of aromatic nitrogens is 2. The maximum absolute atomic E-state index is 4.51. The largest absolute Gasteiger partial charge is 0.154 e. The van der Waals surface area contributed by atoms with Crippen molar-refractivity contribution in [2.45, 2.75) is 38.0 Å². The van der Waals surface area contributed by atoms with Crippen LogP contribution in [0, 0.1) is 6.92 Å². The highest BCUT2D eigenvalue weighted by Gasteiger charge is 2.38. The van der Waals surface area contributed by atoms with E-state index in [4.69, 9.17) is 0 Å². The SMILES string of the molecule is Cc1ccccc1-c1cc2c(nn1)C1CCC2C1. The van der Waals surface area contributed by atoms with Crippen LogP contribution in [0.2, 0.25) is 0 Å². The van der Waals surface area contributed by atoms with Crippen molar-refractivity contribution in [2.24, 2.45) is 0 Å². The Morgan fingerprint density at radius 3 is 2.78 bits per heavy atom. The van der Waals surface area contributed by atoms with Crippen LogP contribution >= 0.6 is 0 Å². The summed E-state index contributed by atoms with van der Waals surface area (Å²) < 4.78 is 0. The summed E-state index contributed by atoms with van der Waals surface area (Å²) in [7, 11) is 0. The zero-order valence-corrected chi connectivity index (χ0v) is 10.6. The summed E-state index contributed by atoms with van der Waals surface area (Å²) in [4.78, 5) is 0. The van der Waals surface area contributed by atoms with E-state index in [1.807, 2.05) is 0 Å². The molecule has 0 radical (unpaired) electrons. The number of nitrogens with zero attached hydrogens (tertiary/aromatic N) is 2. The minimum atomic E-state index is 0.698. The van der Waals surface area contributed by atoms with Gasteiger partial charge in [0.2, 0.25) is 0 Å². The van der Waals surface area contributed by atoms with Crippen LogP contribution in [0.15, 0.2) is 30.3 Å². The van der Waals surface area contributed by atoms with Gasteiger partial charge in [-0.25, -0.2) is 0 Å². The van der Waals surface area contributed by atoms with E-state index in [0.717, 1.165) is 11.6 Å². The highest BCUT2D eigenvalue weighted by Crippen LogP contribution is 2.52. The Morgan fingerprint density at radius 2 is 1.89 bits per heavy atom. The van der Waals surface area contributed by atoms with Crippen molar-refractivity contribution in [3.8, 4) is 11.3 Å². The molecule has 2 aliphatic rings. The molecule has 0 spiro atoms. The molecule has 90 valence electrons. The first-order valence-electron chi connectivity index (χ1n) is 6.76. The zero-order valence-electron chi connectivity index (χ0n) is 10.6. The summed E-state index contributed by atoms with van der Waals surface area (Å²) in [6, 6.07) is 10.7. The normalized spacial score (nSPS) is 24.3. The van der Waals surface area contributed by atoms with E-state index in [-0.39, 0.29) is 0 Å². The van der Waals surface area contributed by atoms with Crippen LogP contribution in [0.3, 0.4) is 0 Å². The second-order valence-corrected chi connectivity index (χ2v) is 5.59. The minimum Gasteiger partial charge on any atom is -0.154 e. The van der Waals surface area contributed by atoms with Crippen LogP contribution in [0.1, 0.15) is 47.9 Å². The van der Waals surface area contributed by atoms with Gasteiger partial charge >= 0.3 is 0 Å². The number of fused-ring (bicyclic) bond motifs is 5. The molecule has 1 aromatic carbocycles. The topological polar surface area (TPSA) is 25.8 Å². The van der Waals surface area contributed by atoms with Gasteiger partial charge in [0.15, 0.2) is 0 Å². The number of hydrogen-bond donors (Lipinski definition) is 0.